The minimum absolute atomic E-state index is 0.257. The molecule has 2 rings (SSSR count). The number of nitrogens with two attached hydrogens (primary N) is 1. The van der Waals surface area contributed by atoms with Crippen LogP contribution >= 0.6 is 11.3 Å². The Labute approximate surface area is 113 Å². The van der Waals surface area contributed by atoms with Gasteiger partial charge in [-0.1, -0.05) is 0 Å². The molecule has 0 saturated carbocycles. The van der Waals surface area contributed by atoms with Crippen molar-refractivity contribution in [2.45, 2.75) is 38.6 Å². The Hall–Kier alpha value is -0.870. The lowest BCUT2D eigenvalue weighted by Crippen LogP contribution is -2.42. The third-order valence-corrected chi connectivity index (χ3v) is 4.58. The van der Waals surface area contributed by atoms with Gasteiger partial charge in [0.1, 0.15) is 0 Å². The van der Waals surface area contributed by atoms with Crippen LogP contribution in [0.2, 0.25) is 0 Å². The summed E-state index contributed by atoms with van der Waals surface area (Å²) >= 11 is 1.69. The molecule has 0 aliphatic carbocycles. The van der Waals surface area contributed by atoms with Gasteiger partial charge in [-0.2, -0.15) is 11.3 Å². The van der Waals surface area contributed by atoms with Crippen molar-refractivity contribution in [1.29, 1.82) is 0 Å². The molecule has 1 amide bonds. The number of aryl methyl sites for hydroxylation is 1. The van der Waals surface area contributed by atoms with E-state index in [1.807, 2.05) is 4.90 Å². The molecule has 18 heavy (non-hydrogen) atoms. The quantitative estimate of drug-likeness (QED) is 0.908. The topological polar surface area (TPSA) is 46.3 Å². The number of thiophene rings is 1. The van der Waals surface area contributed by atoms with Crippen LogP contribution in [0, 0.1) is 5.92 Å². The molecule has 1 aromatic rings. The third-order valence-electron chi connectivity index (χ3n) is 3.84. The molecule has 1 unspecified atom stereocenters. The Bertz CT molecular complexity index is 367. The van der Waals surface area contributed by atoms with Crippen molar-refractivity contribution in [3.8, 4) is 0 Å². The van der Waals surface area contributed by atoms with Crippen LogP contribution in [0.15, 0.2) is 16.8 Å². The molecule has 0 spiro atoms. The van der Waals surface area contributed by atoms with Crippen LogP contribution in [0.1, 0.15) is 31.7 Å². The molecule has 4 heteroatoms. The van der Waals surface area contributed by atoms with E-state index in [9.17, 15) is 4.79 Å². The predicted molar refractivity (Wildman–Crippen MR) is 75.6 cm³/mol. The number of piperidine rings is 1. The summed E-state index contributed by atoms with van der Waals surface area (Å²) < 4.78 is 0. The van der Waals surface area contributed by atoms with Crippen LogP contribution in [0.25, 0.3) is 0 Å². The number of nitrogens with zero attached hydrogens (tertiary/aromatic N) is 1. The van der Waals surface area contributed by atoms with Crippen LogP contribution in [-0.2, 0) is 11.2 Å². The summed E-state index contributed by atoms with van der Waals surface area (Å²) in [6.45, 7) is 3.84. The van der Waals surface area contributed by atoms with E-state index < -0.39 is 0 Å². The van der Waals surface area contributed by atoms with Crippen molar-refractivity contribution in [1.82, 2.24) is 4.90 Å². The first-order valence-corrected chi connectivity index (χ1v) is 7.65. The van der Waals surface area contributed by atoms with Gasteiger partial charge in [0.15, 0.2) is 0 Å². The van der Waals surface area contributed by atoms with Crippen molar-refractivity contribution in [3.63, 3.8) is 0 Å². The van der Waals surface area contributed by atoms with E-state index >= 15 is 0 Å². The first kappa shape index (κ1) is 13.6. The monoisotopic (exact) mass is 266 g/mol. The Balaban J connectivity index is 1.74. The van der Waals surface area contributed by atoms with Gasteiger partial charge in [0.2, 0.25) is 5.91 Å². The average Bonchev–Trinajstić information content (AvgIpc) is 2.89. The fourth-order valence-electron chi connectivity index (χ4n) is 2.52. The average molecular weight is 266 g/mol. The molecule has 1 aliphatic heterocycles. The Morgan fingerprint density at radius 3 is 2.83 bits per heavy atom. The van der Waals surface area contributed by atoms with Crippen LogP contribution in [0.3, 0.4) is 0 Å². The van der Waals surface area contributed by atoms with E-state index in [1.54, 1.807) is 11.3 Å². The van der Waals surface area contributed by atoms with Gasteiger partial charge >= 0.3 is 0 Å². The maximum absolute atomic E-state index is 12.1. The van der Waals surface area contributed by atoms with Gasteiger partial charge in [0.05, 0.1) is 0 Å². The molecule has 1 aromatic heterocycles. The molecular formula is C14H22N2OS. The van der Waals surface area contributed by atoms with E-state index in [0.717, 1.165) is 32.4 Å². The van der Waals surface area contributed by atoms with Crippen molar-refractivity contribution < 1.29 is 4.79 Å². The van der Waals surface area contributed by atoms with E-state index in [4.69, 9.17) is 5.73 Å². The lowest BCUT2D eigenvalue weighted by atomic mass is 9.91. The number of carbonyl (C=O) groups excluding carboxylic acids is 1. The number of hydrogen-bond donors (Lipinski definition) is 1. The molecule has 0 bridgehead atoms. The number of rotatable bonds is 4. The SMILES string of the molecule is CC(N)C1CCN(C(=O)CCc2ccsc2)CC1. The fourth-order valence-corrected chi connectivity index (χ4v) is 3.22. The molecule has 2 N–H and O–H groups in total. The molecule has 1 atom stereocenters. The zero-order valence-electron chi connectivity index (χ0n) is 11.0. The van der Waals surface area contributed by atoms with E-state index in [-0.39, 0.29) is 6.04 Å². The fraction of sp³-hybridized carbons (Fsp3) is 0.643. The van der Waals surface area contributed by atoms with E-state index in [1.165, 1.54) is 5.56 Å². The minimum atomic E-state index is 0.257. The highest BCUT2D eigenvalue weighted by Gasteiger charge is 2.24. The normalized spacial score (nSPS) is 18.9. The third kappa shape index (κ3) is 3.56. The highest BCUT2D eigenvalue weighted by Crippen LogP contribution is 2.20. The summed E-state index contributed by atoms with van der Waals surface area (Å²) in [6, 6.07) is 2.35. The highest BCUT2D eigenvalue weighted by molar-refractivity contribution is 7.07. The van der Waals surface area contributed by atoms with Gasteiger partial charge in [0, 0.05) is 25.6 Å². The maximum Gasteiger partial charge on any atom is 0.222 e. The van der Waals surface area contributed by atoms with Crippen LogP contribution in [0.5, 0.6) is 0 Å². The summed E-state index contributed by atoms with van der Waals surface area (Å²) in [4.78, 5) is 14.1. The van der Waals surface area contributed by atoms with Crippen LogP contribution in [0.4, 0.5) is 0 Å². The summed E-state index contributed by atoms with van der Waals surface area (Å²) in [5.74, 6) is 0.884. The van der Waals surface area contributed by atoms with E-state index in [0.29, 0.717) is 18.2 Å². The summed E-state index contributed by atoms with van der Waals surface area (Å²) in [5, 5.41) is 4.18. The molecule has 1 fully saturated rings. The first-order valence-electron chi connectivity index (χ1n) is 6.71. The number of carbonyl (C=O) groups is 1. The Morgan fingerprint density at radius 2 is 2.28 bits per heavy atom. The molecular weight excluding hydrogens is 244 g/mol. The van der Waals surface area contributed by atoms with Crippen LogP contribution in [-0.4, -0.2) is 29.9 Å². The van der Waals surface area contributed by atoms with Gasteiger partial charge in [0.25, 0.3) is 0 Å². The zero-order chi connectivity index (χ0) is 13.0. The molecule has 0 aromatic carbocycles. The highest BCUT2D eigenvalue weighted by atomic mass is 32.1. The van der Waals surface area contributed by atoms with Gasteiger partial charge in [-0.25, -0.2) is 0 Å². The molecule has 3 nitrogen and oxygen atoms in total. The Morgan fingerprint density at radius 1 is 1.56 bits per heavy atom. The second-order valence-electron chi connectivity index (χ2n) is 5.21. The smallest absolute Gasteiger partial charge is 0.222 e. The number of hydrogen-bond acceptors (Lipinski definition) is 3. The molecule has 2 heterocycles. The largest absolute Gasteiger partial charge is 0.343 e. The Kier molecular flexibility index (Phi) is 4.78. The summed E-state index contributed by atoms with van der Waals surface area (Å²) in [5.41, 5.74) is 7.19. The molecule has 100 valence electrons. The molecule has 1 aliphatic rings. The van der Waals surface area contributed by atoms with Crippen molar-refractivity contribution >= 4 is 17.2 Å². The minimum Gasteiger partial charge on any atom is -0.343 e. The molecule has 0 radical (unpaired) electrons. The molecule has 1 saturated heterocycles. The second-order valence-corrected chi connectivity index (χ2v) is 5.99. The van der Waals surface area contributed by atoms with Crippen molar-refractivity contribution in [2.75, 3.05) is 13.1 Å². The predicted octanol–water partition coefficient (Wildman–Crippen LogP) is 2.27. The second kappa shape index (κ2) is 6.34. The van der Waals surface area contributed by atoms with Gasteiger partial charge in [-0.3, -0.25) is 4.79 Å². The lowest BCUT2D eigenvalue weighted by Gasteiger charge is -2.33. The maximum atomic E-state index is 12.1. The number of amides is 1. The first-order chi connectivity index (χ1) is 8.66. The number of likely N-dealkylation sites (tertiary alicyclic amines) is 1. The van der Waals surface area contributed by atoms with Gasteiger partial charge in [-0.05, 0) is 54.5 Å². The standard InChI is InChI=1S/C14H22N2OS/c1-11(15)13-4-7-16(8-5-13)14(17)3-2-12-6-9-18-10-12/h6,9-11,13H,2-5,7-8,15H2,1H3. The van der Waals surface area contributed by atoms with Gasteiger partial charge < -0.3 is 10.6 Å². The summed E-state index contributed by atoms with van der Waals surface area (Å²) in [6.07, 6.45) is 3.62. The van der Waals surface area contributed by atoms with Gasteiger partial charge in [-0.15, -0.1) is 0 Å². The van der Waals surface area contributed by atoms with E-state index in [2.05, 4.69) is 23.8 Å². The zero-order valence-corrected chi connectivity index (χ0v) is 11.8. The van der Waals surface area contributed by atoms with Crippen molar-refractivity contribution in [3.05, 3.63) is 22.4 Å². The van der Waals surface area contributed by atoms with Crippen molar-refractivity contribution in [2.24, 2.45) is 11.7 Å². The van der Waals surface area contributed by atoms with Crippen LogP contribution < -0.4 is 5.73 Å². The lowest BCUT2D eigenvalue weighted by molar-refractivity contribution is -0.132. The summed E-state index contributed by atoms with van der Waals surface area (Å²) in [7, 11) is 0.